The highest BCUT2D eigenvalue weighted by Crippen LogP contribution is 2.34. The van der Waals surface area contributed by atoms with Gasteiger partial charge in [-0.2, -0.15) is 13.2 Å². The van der Waals surface area contributed by atoms with Gasteiger partial charge in [-0.25, -0.2) is 0 Å². The molecule has 0 bridgehead atoms. The molecule has 0 spiro atoms. The summed E-state index contributed by atoms with van der Waals surface area (Å²) in [5, 5.41) is 0. The highest BCUT2D eigenvalue weighted by Gasteiger charge is 2.34. The molecule has 110 valence electrons. The number of nitrogens with zero attached hydrogens (tertiary/aromatic N) is 2. The van der Waals surface area contributed by atoms with Crippen molar-refractivity contribution in [2.75, 3.05) is 38.1 Å². The third kappa shape index (κ3) is 3.30. The van der Waals surface area contributed by atoms with Crippen LogP contribution in [0.15, 0.2) is 18.2 Å². The van der Waals surface area contributed by atoms with Gasteiger partial charge >= 0.3 is 6.18 Å². The molecule has 20 heavy (non-hydrogen) atoms. The molecule has 0 N–H and O–H groups in total. The van der Waals surface area contributed by atoms with Crippen LogP contribution in [0.2, 0.25) is 0 Å². The maximum Gasteiger partial charge on any atom is 0.417 e. The number of halogens is 3. The first-order valence-corrected chi connectivity index (χ1v) is 6.52. The van der Waals surface area contributed by atoms with Crippen molar-refractivity contribution in [1.82, 2.24) is 4.90 Å². The first kappa shape index (κ1) is 14.8. The van der Waals surface area contributed by atoms with Crippen LogP contribution in [0, 0.1) is 0 Å². The van der Waals surface area contributed by atoms with E-state index in [-0.39, 0.29) is 11.8 Å². The maximum atomic E-state index is 12.9. The van der Waals surface area contributed by atoms with Gasteiger partial charge in [0.1, 0.15) is 0 Å². The number of anilines is 1. The standard InChI is InChI=1S/C14H17F3N2O/c1-18-5-2-6-19(8-7-18)12-4-3-11(10-20)13(9-12)14(15,16)17/h3-4,9-10H,2,5-8H2,1H3. The van der Waals surface area contributed by atoms with Crippen molar-refractivity contribution in [2.45, 2.75) is 12.6 Å². The molecular weight excluding hydrogens is 269 g/mol. The molecule has 0 atom stereocenters. The van der Waals surface area contributed by atoms with Gasteiger partial charge in [-0.05, 0) is 38.2 Å². The summed E-state index contributed by atoms with van der Waals surface area (Å²) >= 11 is 0. The predicted octanol–water partition coefficient (Wildman–Crippen LogP) is 2.66. The van der Waals surface area contributed by atoms with Crippen LogP contribution in [0.1, 0.15) is 22.3 Å². The van der Waals surface area contributed by atoms with Crippen molar-refractivity contribution >= 4 is 12.0 Å². The highest BCUT2D eigenvalue weighted by atomic mass is 19.4. The molecule has 6 heteroatoms. The van der Waals surface area contributed by atoms with Crippen molar-refractivity contribution in [3.05, 3.63) is 29.3 Å². The summed E-state index contributed by atoms with van der Waals surface area (Å²) in [7, 11) is 2.00. The smallest absolute Gasteiger partial charge is 0.370 e. The first-order chi connectivity index (χ1) is 9.41. The molecule has 0 radical (unpaired) electrons. The largest absolute Gasteiger partial charge is 0.417 e. The Labute approximate surface area is 116 Å². The average Bonchev–Trinajstić information content (AvgIpc) is 2.62. The van der Waals surface area contributed by atoms with E-state index in [1.807, 2.05) is 11.9 Å². The van der Waals surface area contributed by atoms with Gasteiger partial charge in [-0.15, -0.1) is 0 Å². The topological polar surface area (TPSA) is 23.6 Å². The van der Waals surface area contributed by atoms with Crippen LogP contribution in [-0.4, -0.2) is 44.4 Å². The summed E-state index contributed by atoms with van der Waals surface area (Å²) in [5.41, 5.74) is -0.644. The third-order valence-corrected chi connectivity index (χ3v) is 3.55. The minimum absolute atomic E-state index is 0.253. The van der Waals surface area contributed by atoms with Crippen LogP contribution >= 0.6 is 0 Å². The van der Waals surface area contributed by atoms with Crippen LogP contribution in [0.5, 0.6) is 0 Å². The van der Waals surface area contributed by atoms with Gasteiger partial charge in [0.05, 0.1) is 5.56 Å². The van der Waals surface area contributed by atoms with Crippen LogP contribution in [0.4, 0.5) is 18.9 Å². The fourth-order valence-corrected chi connectivity index (χ4v) is 2.39. The number of carbonyl (C=O) groups excluding carboxylic acids is 1. The molecule has 2 rings (SSSR count). The fraction of sp³-hybridized carbons (Fsp3) is 0.500. The summed E-state index contributed by atoms with van der Waals surface area (Å²) in [6.07, 6.45) is -3.34. The Bertz CT molecular complexity index is 488. The van der Waals surface area contributed by atoms with E-state index in [4.69, 9.17) is 0 Å². The summed E-state index contributed by atoms with van der Waals surface area (Å²) in [6.45, 7) is 3.17. The minimum Gasteiger partial charge on any atom is -0.370 e. The predicted molar refractivity (Wildman–Crippen MR) is 71.2 cm³/mol. The van der Waals surface area contributed by atoms with E-state index in [1.54, 1.807) is 6.07 Å². The molecule has 0 unspecified atom stereocenters. The summed E-state index contributed by atoms with van der Waals surface area (Å²) in [5.74, 6) is 0. The molecule has 0 aliphatic carbocycles. The van der Waals surface area contributed by atoms with Gasteiger partial charge in [0.2, 0.25) is 0 Å². The lowest BCUT2D eigenvalue weighted by atomic mass is 10.1. The van der Waals surface area contributed by atoms with E-state index in [0.717, 1.165) is 32.1 Å². The molecule has 0 saturated carbocycles. The Kier molecular flexibility index (Phi) is 4.32. The van der Waals surface area contributed by atoms with E-state index >= 15 is 0 Å². The van der Waals surface area contributed by atoms with Crippen LogP contribution < -0.4 is 4.90 Å². The lowest BCUT2D eigenvalue weighted by Gasteiger charge is -2.24. The van der Waals surface area contributed by atoms with Gasteiger partial charge in [0.25, 0.3) is 0 Å². The monoisotopic (exact) mass is 286 g/mol. The second kappa shape index (κ2) is 5.83. The molecule has 1 fully saturated rings. The molecule has 1 aliphatic heterocycles. The SMILES string of the molecule is CN1CCCN(c2ccc(C=O)c(C(F)(F)F)c2)CC1. The zero-order valence-electron chi connectivity index (χ0n) is 11.3. The molecule has 0 aromatic heterocycles. The number of likely N-dealkylation sites (N-methyl/N-ethyl adjacent to an activating group) is 1. The highest BCUT2D eigenvalue weighted by molar-refractivity contribution is 5.79. The lowest BCUT2D eigenvalue weighted by Crippen LogP contribution is -2.29. The van der Waals surface area contributed by atoms with E-state index in [2.05, 4.69) is 4.90 Å². The molecule has 3 nitrogen and oxygen atoms in total. The number of benzene rings is 1. The zero-order valence-corrected chi connectivity index (χ0v) is 11.3. The quantitative estimate of drug-likeness (QED) is 0.781. The van der Waals surface area contributed by atoms with Gasteiger partial charge < -0.3 is 9.80 Å². The van der Waals surface area contributed by atoms with Crippen LogP contribution in [0.25, 0.3) is 0 Å². The second-order valence-electron chi connectivity index (χ2n) is 5.03. The Hall–Kier alpha value is -1.56. The number of carbonyl (C=O) groups is 1. The normalized spacial score (nSPS) is 17.9. The maximum absolute atomic E-state index is 12.9. The molecular formula is C14H17F3N2O. The van der Waals surface area contributed by atoms with E-state index in [0.29, 0.717) is 12.2 Å². The second-order valence-corrected chi connectivity index (χ2v) is 5.03. The number of hydrogen-bond acceptors (Lipinski definition) is 3. The van der Waals surface area contributed by atoms with Gasteiger partial charge in [-0.3, -0.25) is 4.79 Å². The van der Waals surface area contributed by atoms with Crippen LogP contribution in [0.3, 0.4) is 0 Å². The Morgan fingerprint density at radius 3 is 2.55 bits per heavy atom. The lowest BCUT2D eigenvalue weighted by molar-refractivity contribution is -0.137. The van der Waals surface area contributed by atoms with Crippen molar-refractivity contribution in [3.8, 4) is 0 Å². The molecule has 1 heterocycles. The minimum atomic E-state index is -4.51. The summed E-state index contributed by atoms with van der Waals surface area (Å²) < 4.78 is 38.8. The van der Waals surface area contributed by atoms with Crippen molar-refractivity contribution in [1.29, 1.82) is 0 Å². The zero-order chi connectivity index (χ0) is 14.8. The summed E-state index contributed by atoms with van der Waals surface area (Å²) in [4.78, 5) is 14.8. The Morgan fingerprint density at radius 2 is 1.90 bits per heavy atom. The fourth-order valence-electron chi connectivity index (χ4n) is 2.39. The number of rotatable bonds is 2. The molecule has 1 saturated heterocycles. The van der Waals surface area contributed by atoms with E-state index < -0.39 is 11.7 Å². The Balaban J connectivity index is 2.31. The van der Waals surface area contributed by atoms with E-state index in [1.165, 1.54) is 6.07 Å². The number of aldehydes is 1. The van der Waals surface area contributed by atoms with Crippen molar-refractivity contribution in [2.24, 2.45) is 0 Å². The van der Waals surface area contributed by atoms with Crippen molar-refractivity contribution < 1.29 is 18.0 Å². The number of alkyl halides is 3. The molecule has 1 aromatic rings. The molecule has 1 aliphatic rings. The third-order valence-electron chi connectivity index (χ3n) is 3.55. The van der Waals surface area contributed by atoms with Gasteiger partial charge in [0.15, 0.2) is 6.29 Å². The van der Waals surface area contributed by atoms with Crippen molar-refractivity contribution in [3.63, 3.8) is 0 Å². The summed E-state index contributed by atoms with van der Waals surface area (Å²) in [6, 6.07) is 3.92. The molecule has 1 aromatic carbocycles. The molecule has 0 amide bonds. The van der Waals surface area contributed by atoms with Gasteiger partial charge in [-0.1, -0.05) is 0 Å². The van der Waals surface area contributed by atoms with E-state index in [9.17, 15) is 18.0 Å². The number of hydrogen-bond donors (Lipinski definition) is 0. The first-order valence-electron chi connectivity index (χ1n) is 6.52. The van der Waals surface area contributed by atoms with Gasteiger partial charge in [0, 0.05) is 30.9 Å². The average molecular weight is 286 g/mol. The van der Waals surface area contributed by atoms with Crippen LogP contribution in [-0.2, 0) is 6.18 Å². The Morgan fingerprint density at radius 1 is 1.15 bits per heavy atom.